The normalized spacial score (nSPS) is 13.8. The van der Waals surface area contributed by atoms with Crippen LogP contribution in [0.3, 0.4) is 0 Å². The van der Waals surface area contributed by atoms with Crippen LogP contribution < -0.4 is 4.74 Å². The predicted molar refractivity (Wildman–Crippen MR) is 45.9 cm³/mol. The molecule has 0 aliphatic heterocycles. The van der Waals surface area contributed by atoms with Crippen LogP contribution >= 0.6 is 15.9 Å². The number of rotatable bonds is 2. The Kier molecular flexibility index (Phi) is 3.30. The van der Waals surface area contributed by atoms with Gasteiger partial charge in [0.1, 0.15) is 0 Å². The van der Waals surface area contributed by atoms with Crippen molar-refractivity contribution < 1.29 is 17.9 Å². The number of halogens is 4. The lowest BCUT2D eigenvalue weighted by Crippen LogP contribution is -2.31. The first-order valence-electron chi connectivity index (χ1n) is 3.60. The molecule has 1 aromatic rings. The molecule has 1 atom stereocenters. The first-order chi connectivity index (χ1) is 6.39. The van der Waals surface area contributed by atoms with Crippen molar-refractivity contribution in [3.63, 3.8) is 0 Å². The lowest BCUT2D eigenvalue weighted by atomic mass is 10.4. The van der Waals surface area contributed by atoms with Crippen molar-refractivity contribution in [1.82, 2.24) is 9.97 Å². The smallest absolute Gasteiger partial charge is 0.425 e. The van der Waals surface area contributed by atoms with Gasteiger partial charge in [-0.15, -0.1) is 0 Å². The topological polar surface area (TPSA) is 35.0 Å². The van der Waals surface area contributed by atoms with Crippen molar-refractivity contribution in [2.75, 3.05) is 0 Å². The highest BCUT2D eigenvalue weighted by Gasteiger charge is 2.38. The number of nitrogens with zero attached hydrogens (tertiary/aromatic N) is 2. The summed E-state index contributed by atoms with van der Waals surface area (Å²) >= 11 is 3.05. The van der Waals surface area contributed by atoms with Gasteiger partial charge >= 0.3 is 12.2 Å². The van der Waals surface area contributed by atoms with E-state index in [1.54, 1.807) is 0 Å². The molecule has 1 unspecified atom stereocenters. The van der Waals surface area contributed by atoms with Crippen molar-refractivity contribution in [1.29, 1.82) is 0 Å². The van der Waals surface area contributed by atoms with Crippen LogP contribution in [0.15, 0.2) is 16.9 Å². The highest BCUT2D eigenvalue weighted by atomic mass is 79.9. The minimum atomic E-state index is -4.41. The summed E-state index contributed by atoms with van der Waals surface area (Å²) < 4.78 is 41.1. The second-order valence-electron chi connectivity index (χ2n) is 2.49. The molecular weight excluding hydrogens is 265 g/mol. The molecule has 0 amide bonds. The third kappa shape index (κ3) is 3.13. The van der Waals surface area contributed by atoms with E-state index < -0.39 is 12.3 Å². The van der Waals surface area contributed by atoms with Gasteiger partial charge in [0, 0.05) is 12.4 Å². The summed E-state index contributed by atoms with van der Waals surface area (Å²) in [5, 5.41) is 0. The van der Waals surface area contributed by atoms with E-state index in [1.165, 1.54) is 12.4 Å². The molecule has 14 heavy (non-hydrogen) atoms. The summed E-state index contributed by atoms with van der Waals surface area (Å²) in [5.74, 6) is 0. The maximum Gasteiger partial charge on any atom is 0.425 e. The third-order valence-electron chi connectivity index (χ3n) is 1.34. The van der Waals surface area contributed by atoms with Crippen LogP contribution in [0.25, 0.3) is 0 Å². The average molecular weight is 271 g/mol. The highest BCUT2D eigenvalue weighted by Crippen LogP contribution is 2.23. The molecule has 1 rings (SSSR count). The van der Waals surface area contributed by atoms with Crippen LogP contribution in [0.2, 0.25) is 0 Å². The quantitative estimate of drug-likeness (QED) is 0.829. The van der Waals surface area contributed by atoms with Crippen molar-refractivity contribution in [2.45, 2.75) is 19.2 Å². The summed E-state index contributed by atoms with van der Waals surface area (Å²) in [4.78, 5) is 7.10. The monoisotopic (exact) mass is 270 g/mol. The molecule has 0 aliphatic carbocycles. The van der Waals surface area contributed by atoms with E-state index in [0.717, 1.165) is 6.92 Å². The number of hydrogen-bond donors (Lipinski definition) is 0. The van der Waals surface area contributed by atoms with Gasteiger partial charge in [-0.05, 0) is 22.9 Å². The molecule has 0 bridgehead atoms. The molecule has 0 saturated heterocycles. The summed E-state index contributed by atoms with van der Waals surface area (Å²) in [6, 6.07) is -0.293. The standard InChI is InChI=1S/C7H6BrF3N2O/c1-4(7(9,10)11)14-6-12-2-5(8)3-13-6/h2-4H,1H3. The molecule has 3 nitrogen and oxygen atoms in total. The van der Waals surface area contributed by atoms with Crippen LogP contribution in [0.5, 0.6) is 6.01 Å². The third-order valence-corrected chi connectivity index (χ3v) is 1.75. The maximum absolute atomic E-state index is 12.0. The SMILES string of the molecule is CC(Oc1ncc(Br)cn1)C(F)(F)F. The molecular formula is C7H6BrF3N2O. The van der Waals surface area contributed by atoms with Gasteiger partial charge in [-0.2, -0.15) is 13.2 Å². The van der Waals surface area contributed by atoms with Crippen LogP contribution in [-0.4, -0.2) is 22.2 Å². The van der Waals surface area contributed by atoms with Gasteiger partial charge in [-0.3, -0.25) is 0 Å². The molecule has 0 radical (unpaired) electrons. The van der Waals surface area contributed by atoms with E-state index in [0.29, 0.717) is 4.47 Å². The fourth-order valence-corrected chi connectivity index (χ4v) is 0.791. The van der Waals surface area contributed by atoms with E-state index in [1.807, 2.05) is 0 Å². The van der Waals surface area contributed by atoms with Gasteiger partial charge in [-0.1, -0.05) is 0 Å². The van der Waals surface area contributed by atoms with E-state index in [2.05, 4.69) is 30.6 Å². The highest BCUT2D eigenvalue weighted by molar-refractivity contribution is 9.10. The summed E-state index contributed by atoms with van der Waals surface area (Å²) in [6.45, 7) is 0.894. The Bertz CT molecular complexity index is 301. The summed E-state index contributed by atoms with van der Waals surface area (Å²) in [5.41, 5.74) is 0. The molecule has 1 heterocycles. The van der Waals surface area contributed by atoms with Gasteiger partial charge in [-0.25, -0.2) is 9.97 Å². The second-order valence-corrected chi connectivity index (χ2v) is 3.40. The Morgan fingerprint density at radius 3 is 2.29 bits per heavy atom. The van der Waals surface area contributed by atoms with Crippen molar-refractivity contribution in [3.05, 3.63) is 16.9 Å². The Morgan fingerprint density at radius 1 is 1.36 bits per heavy atom. The van der Waals surface area contributed by atoms with Crippen LogP contribution in [0.1, 0.15) is 6.92 Å². The fraction of sp³-hybridized carbons (Fsp3) is 0.429. The molecule has 0 spiro atoms. The van der Waals surface area contributed by atoms with Gasteiger partial charge in [0.2, 0.25) is 0 Å². The van der Waals surface area contributed by atoms with E-state index in [9.17, 15) is 13.2 Å². The van der Waals surface area contributed by atoms with Crippen LogP contribution in [0.4, 0.5) is 13.2 Å². The molecule has 0 N–H and O–H groups in total. The molecule has 78 valence electrons. The lowest BCUT2D eigenvalue weighted by molar-refractivity contribution is -0.190. The fourth-order valence-electron chi connectivity index (χ4n) is 0.586. The lowest BCUT2D eigenvalue weighted by Gasteiger charge is -2.15. The first kappa shape index (κ1) is 11.2. The molecule has 0 fully saturated rings. The zero-order valence-corrected chi connectivity index (χ0v) is 8.63. The molecule has 0 aliphatic rings. The zero-order chi connectivity index (χ0) is 10.8. The Hall–Kier alpha value is -0.850. The van der Waals surface area contributed by atoms with Gasteiger partial charge < -0.3 is 4.74 Å². The second kappa shape index (κ2) is 4.12. The van der Waals surface area contributed by atoms with Gasteiger partial charge in [0.05, 0.1) is 4.47 Å². The van der Waals surface area contributed by atoms with Gasteiger partial charge in [0.25, 0.3) is 0 Å². The first-order valence-corrected chi connectivity index (χ1v) is 4.40. The number of alkyl halides is 3. The summed E-state index contributed by atoms with van der Waals surface area (Å²) in [7, 11) is 0. The minimum Gasteiger partial charge on any atom is -0.451 e. The Labute approximate surface area is 86.4 Å². The number of aromatic nitrogens is 2. The summed E-state index contributed by atoms with van der Waals surface area (Å²) in [6.07, 6.45) is -3.70. The van der Waals surface area contributed by atoms with E-state index >= 15 is 0 Å². The molecule has 1 aromatic heterocycles. The predicted octanol–water partition coefficient (Wildman–Crippen LogP) is 2.57. The van der Waals surface area contributed by atoms with E-state index in [-0.39, 0.29) is 6.01 Å². The van der Waals surface area contributed by atoms with Crippen molar-refractivity contribution in [3.8, 4) is 6.01 Å². The Balaban J connectivity index is 2.65. The zero-order valence-electron chi connectivity index (χ0n) is 7.05. The van der Waals surface area contributed by atoms with Crippen molar-refractivity contribution in [2.24, 2.45) is 0 Å². The average Bonchev–Trinajstić information content (AvgIpc) is 2.07. The largest absolute Gasteiger partial charge is 0.451 e. The van der Waals surface area contributed by atoms with Crippen molar-refractivity contribution >= 4 is 15.9 Å². The van der Waals surface area contributed by atoms with Crippen LogP contribution in [0, 0.1) is 0 Å². The molecule has 7 heteroatoms. The minimum absolute atomic E-state index is 0.293. The number of hydrogen-bond acceptors (Lipinski definition) is 3. The number of ether oxygens (including phenoxy) is 1. The van der Waals surface area contributed by atoms with Gasteiger partial charge in [0.15, 0.2) is 6.10 Å². The molecule has 0 aromatic carbocycles. The molecule has 0 saturated carbocycles. The van der Waals surface area contributed by atoms with Crippen LogP contribution in [-0.2, 0) is 0 Å². The van der Waals surface area contributed by atoms with E-state index in [4.69, 9.17) is 0 Å². The maximum atomic E-state index is 12.0. The Morgan fingerprint density at radius 2 is 1.86 bits per heavy atom.